The van der Waals surface area contributed by atoms with Gasteiger partial charge in [0, 0.05) is 31.7 Å². The van der Waals surface area contributed by atoms with E-state index in [4.69, 9.17) is 9.47 Å². The molecule has 0 radical (unpaired) electrons. The van der Waals surface area contributed by atoms with Gasteiger partial charge >= 0.3 is 0 Å². The summed E-state index contributed by atoms with van der Waals surface area (Å²) in [7, 11) is 1.57. The SMILES string of the molecule is COc1ccc(C(O)=C2C(=O)C(=O)N(CCCN3CCOCC3)C2c2cccc3ccccc23)cc1. The second-order valence-electron chi connectivity index (χ2n) is 9.10. The maximum atomic E-state index is 13.4. The highest BCUT2D eigenvalue weighted by atomic mass is 16.5. The Labute approximate surface area is 210 Å². The number of methoxy groups -OCH3 is 1. The van der Waals surface area contributed by atoms with Crippen molar-refractivity contribution in [3.63, 3.8) is 0 Å². The fourth-order valence-electron chi connectivity index (χ4n) is 5.12. The molecule has 0 bridgehead atoms. The number of amides is 1. The minimum Gasteiger partial charge on any atom is -0.507 e. The second-order valence-corrected chi connectivity index (χ2v) is 9.10. The lowest BCUT2D eigenvalue weighted by atomic mass is 9.91. The molecular weight excluding hydrogens is 456 g/mol. The molecule has 1 unspecified atom stereocenters. The molecule has 1 N–H and O–H groups in total. The molecule has 5 rings (SSSR count). The highest BCUT2D eigenvalue weighted by Crippen LogP contribution is 2.42. The van der Waals surface area contributed by atoms with E-state index in [1.165, 1.54) is 0 Å². The first-order valence-electron chi connectivity index (χ1n) is 12.3. The summed E-state index contributed by atoms with van der Waals surface area (Å²) in [4.78, 5) is 30.6. The van der Waals surface area contributed by atoms with Crippen LogP contribution in [0.5, 0.6) is 5.75 Å². The number of fused-ring (bicyclic) bond motifs is 1. The fourth-order valence-corrected chi connectivity index (χ4v) is 5.12. The fraction of sp³-hybridized carbons (Fsp3) is 0.310. The van der Waals surface area contributed by atoms with E-state index in [-0.39, 0.29) is 11.3 Å². The van der Waals surface area contributed by atoms with E-state index in [0.717, 1.165) is 42.4 Å². The van der Waals surface area contributed by atoms with Gasteiger partial charge in [-0.05, 0) is 47.0 Å². The number of Topliss-reactive ketones (excluding diaryl/α,β-unsaturated/α-hetero) is 1. The van der Waals surface area contributed by atoms with Gasteiger partial charge in [0.2, 0.25) is 0 Å². The van der Waals surface area contributed by atoms with Crippen molar-refractivity contribution >= 4 is 28.2 Å². The zero-order valence-corrected chi connectivity index (χ0v) is 20.4. The maximum absolute atomic E-state index is 13.4. The molecule has 186 valence electrons. The molecule has 2 aliphatic rings. The zero-order valence-electron chi connectivity index (χ0n) is 20.4. The number of ketones is 1. The Morgan fingerprint density at radius 2 is 1.69 bits per heavy atom. The number of carbonyl (C=O) groups is 2. The highest BCUT2D eigenvalue weighted by molar-refractivity contribution is 6.46. The normalized spacial score (nSPS) is 20.2. The van der Waals surface area contributed by atoms with Crippen molar-refractivity contribution in [2.24, 2.45) is 0 Å². The smallest absolute Gasteiger partial charge is 0.295 e. The third kappa shape index (κ3) is 4.59. The molecule has 7 heteroatoms. The van der Waals surface area contributed by atoms with E-state index in [9.17, 15) is 14.7 Å². The molecule has 36 heavy (non-hydrogen) atoms. The Morgan fingerprint density at radius 1 is 0.972 bits per heavy atom. The number of aliphatic hydroxyl groups is 1. The van der Waals surface area contributed by atoms with E-state index >= 15 is 0 Å². The summed E-state index contributed by atoms with van der Waals surface area (Å²) in [5.74, 6) is -0.775. The number of carbonyl (C=O) groups excluding carboxylic acids is 2. The average molecular weight is 487 g/mol. The lowest BCUT2D eigenvalue weighted by molar-refractivity contribution is -0.140. The van der Waals surface area contributed by atoms with Crippen LogP contribution in [-0.2, 0) is 14.3 Å². The summed E-state index contributed by atoms with van der Waals surface area (Å²) in [5.41, 5.74) is 1.41. The van der Waals surface area contributed by atoms with E-state index in [1.54, 1.807) is 36.3 Å². The van der Waals surface area contributed by atoms with Crippen molar-refractivity contribution in [1.82, 2.24) is 9.80 Å². The van der Waals surface area contributed by atoms with Gasteiger partial charge in [-0.15, -0.1) is 0 Å². The van der Waals surface area contributed by atoms with Crippen molar-refractivity contribution in [2.45, 2.75) is 12.5 Å². The van der Waals surface area contributed by atoms with Crippen molar-refractivity contribution in [2.75, 3.05) is 46.5 Å². The molecule has 2 heterocycles. The van der Waals surface area contributed by atoms with Gasteiger partial charge in [-0.2, -0.15) is 0 Å². The number of rotatable bonds is 7. The highest BCUT2D eigenvalue weighted by Gasteiger charge is 2.46. The van der Waals surface area contributed by atoms with E-state index in [2.05, 4.69) is 4.90 Å². The largest absolute Gasteiger partial charge is 0.507 e. The van der Waals surface area contributed by atoms with Gasteiger partial charge in [0.25, 0.3) is 11.7 Å². The molecule has 2 aliphatic heterocycles. The first kappa shape index (κ1) is 24.0. The van der Waals surface area contributed by atoms with Crippen molar-refractivity contribution < 1.29 is 24.2 Å². The molecule has 1 atom stereocenters. The number of likely N-dealkylation sites (tertiary alicyclic amines) is 1. The van der Waals surface area contributed by atoms with Crippen LogP contribution in [0.1, 0.15) is 23.6 Å². The number of aliphatic hydroxyl groups excluding tert-OH is 1. The Morgan fingerprint density at radius 3 is 2.44 bits per heavy atom. The molecule has 2 fully saturated rings. The number of ether oxygens (including phenoxy) is 2. The zero-order chi connectivity index (χ0) is 25.1. The summed E-state index contributed by atoms with van der Waals surface area (Å²) in [6, 6.07) is 19.9. The topological polar surface area (TPSA) is 79.3 Å². The number of morpholine rings is 1. The van der Waals surface area contributed by atoms with Gasteiger partial charge in [-0.3, -0.25) is 14.5 Å². The molecule has 0 saturated carbocycles. The maximum Gasteiger partial charge on any atom is 0.295 e. The van der Waals surface area contributed by atoms with Crippen LogP contribution in [0, 0.1) is 0 Å². The van der Waals surface area contributed by atoms with E-state index in [0.29, 0.717) is 31.1 Å². The molecule has 0 spiro atoms. The Bertz CT molecular complexity index is 1290. The van der Waals surface area contributed by atoms with Gasteiger partial charge in [0.15, 0.2) is 0 Å². The average Bonchev–Trinajstić information content (AvgIpc) is 3.18. The minimum atomic E-state index is -0.678. The van der Waals surface area contributed by atoms with Gasteiger partial charge in [0.1, 0.15) is 11.5 Å². The van der Waals surface area contributed by atoms with Crippen LogP contribution >= 0.6 is 0 Å². The molecular formula is C29H30N2O5. The van der Waals surface area contributed by atoms with Gasteiger partial charge < -0.3 is 19.5 Å². The molecule has 7 nitrogen and oxygen atoms in total. The Balaban J connectivity index is 1.55. The number of benzene rings is 3. The molecule has 0 aromatic heterocycles. The van der Waals surface area contributed by atoms with E-state index < -0.39 is 17.7 Å². The first-order chi connectivity index (χ1) is 17.6. The van der Waals surface area contributed by atoms with Crippen molar-refractivity contribution in [3.05, 3.63) is 83.4 Å². The standard InChI is InChI=1S/C29H30N2O5/c1-35-22-12-10-21(11-13-22)27(32)25-26(24-9-4-7-20-6-2-3-8-23(20)24)31(29(34)28(25)33)15-5-14-30-16-18-36-19-17-30/h2-4,6-13,26,32H,5,14-19H2,1H3. The lowest BCUT2D eigenvalue weighted by Crippen LogP contribution is -2.39. The van der Waals surface area contributed by atoms with Gasteiger partial charge in [-0.1, -0.05) is 42.5 Å². The Kier molecular flexibility index (Phi) is 7.02. The number of hydrogen-bond donors (Lipinski definition) is 1. The lowest BCUT2D eigenvalue weighted by Gasteiger charge is -2.29. The predicted octanol–water partition coefficient (Wildman–Crippen LogP) is 3.99. The third-order valence-electron chi connectivity index (χ3n) is 7.00. The van der Waals surface area contributed by atoms with Crippen molar-refractivity contribution in [3.8, 4) is 5.75 Å². The minimum absolute atomic E-state index is 0.118. The molecule has 2 saturated heterocycles. The molecule has 1 amide bonds. The number of nitrogens with zero attached hydrogens (tertiary/aromatic N) is 2. The van der Waals surface area contributed by atoms with E-state index in [1.807, 2.05) is 42.5 Å². The summed E-state index contributed by atoms with van der Waals surface area (Å²) in [5, 5.41) is 13.3. The van der Waals surface area contributed by atoms with Crippen molar-refractivity contribution in [1.29, 1.82) is 0 Å². The summed E-state index contributed by atoms with van der Waals surface area (Å²) < 4.78 is 10.7. The summed E-state index contributed by atoms with van der Waals surface area (Å²) in [6.07, 6.45) is 0.719. The van der Waals surface area contributed by atoms with Crippen LogP contribution in [-0.4, -0.2) is 73.1 Å². The van der Waals surface area contributed by atoms with Gasteiger partial charge in [-0.25, -0.2) is 0 Å². The monoisotopic (exact) mass is 486 g/mol. The quantitative estimate of drug-likeness (QED) is 0.309. The first-order valence-corrected chi connectivity index (χ1v) is 12.3. The Hall–Kier alpha value is -3.68. The van der Waals surface area contributed by atoms with Crippen LogP contribution in [0.25, 0.3) is 16.5 Å². The summed E-state index contributed by atoms with van der Waals surface area (Å²) >= 11 is 0. The number of hydrogen-bond acceptors (Lipinski definition) is 6. The molecule has 3 aromatic rings. The summed E-state index contributed by atoms with van der Waals surface area (Å²) in [6.45, 7) is 4.37. The van der Waals surface area contributed by atoms with Crippen LogP contribution < -0.4 is 4.74 Å². The van der Waals surface area contributed by atoms with Crippen LogP contribution in [0.4, 0.5) is 0 Å². The second kappa shape index (κ2) is 10.5. The van der Waals surface area contributed by atoms with Crippen LogP contribution in [0.2, 0.25) is 0 Å². The third-order valence-corrected chi connectivity index (χ3v) is 7.00. The molecule has 3 aromatic carbocycles. The molecule has 0 aliphatic carbocycles. The predicted molar refractivity (Wildman–Crippen MR) is 138 cm³/mol. The van der Waals surface area contributed by atoms with Crippen LogP contribution in [0.3, 0.4) is 0 Å². The van der Waals surface area contributed by atoms with Crippen LogP contribution in [0.15, 0.2) is 72.3 Å². The van der Waals surface area contributed by atoms with Gasteiger partial charge in [0.05, 0.1) is 31.9 Å².